The molecule has 1 aliphatic heterocycles. The molecule has 4 rings (SSSR count). The number of benzene rings is 2. The molecule has 0 spiro atoms. The van der Waals surface area contributed by atoms with Gasteiger partial charge in [-0.25, -0.2) is 0 Å². The van der Waals surface area contributed by atoms with Crippen molar-refractivity contribution in [3.8, 4) is 11.1 Å². The average Bonchev–Trinajstić information content (AvgIpc) is 2.96. The monoisotopic (exact) mass is 294 g/mol. The van der Waals surface area contributed by atoms with Crippen LogP contribution >= 0.6 is 12.2 Å². The lowest BCUT2D eigenvalue weighted by atomic mass is 10.1. The van der Waals surface area contributed by atoms with E-state index < -0.39 is 0 Å². The lowest BCUT2D eigenvalue weighted by molar-refractivity contribution is -0.117. The molecule has 2 aliphatic rings. The van der Waals surface area contributed by atoms with Crippen molar-refractivity contribution in [1.82, 2.24) is 5.32 Å². The SMILES string of the molecule is C[C@@H]1NC(=S)N(c2ccc3c(c2)Cc2ccccc2-3)C1=O. The molecule has 1 amide bonds. The van der Waals surface area contributed by atoms with E-state index in [0.717, 1.165) is 12.1 Å². The van der Waals surface area contributed by atoms with E-state index in [2.05, 4.69) is 41.7 Å². The maximum Gasteiger partial charge on any atom is 0.255 e. The van der Waals surface area contributed by atoms with Crippen molar-refractivity contribution < 1.29 is 4.79 Å². The number of hydrogen-bond acceptors (Lipinski definition) is 2. The largest absolute Gasteiger partial charge is 0.350 e. The first kappa shape index (κ1) is 12.5. The zero-order valence-corrected chi connectivity index (χ0v) is 12.4. The van der Waals surface area contributed by atoms with E-state index in [0.29, 0.717) is 5.11 Å². The number of carbonyl (C=O) groups excluding carboxylic acids is 1. The number of hydrogen-bond donors (Lipinski definition) is 1. The van der Waals surface area contributed by atoms with E-state index in [-0.39, 0.29) is 11.9 Å². The van der Waals surface area contributed by atoms with Gasteiger partial charge in [0.2, 0.25) is 0 Å². The lowest BCUT2D eigenvalue weighted by Crippen LogP contribution is -2.30. The molecule has 0 bridgehead atoms. The van der Waals surface area contributed by atoms with Crippen molar-refractivity contribution in [2.24, 2.45) is 0 Å². The summed E-state index contributed by atoms with van der Waals surface area (Å²) < 4.78 is 0. The Morgan fingerprint density at radius 3 is 2.67 bits per heavy atom. The standard InChI is InChI=1S/C17H14N2OS/c1-10-16(20)19(17(21)18-10)13-6-7-15-12(9-13)8-11-4-2-3-5-14(11)15/h2-7,9-10H,8H2,1H3,(H,18,21)/t10-/m0/s1. The molecule has 1 N–H and O–H groups in total. The Labute approximate surface area is 128 Å². The predicted octanol–water partition coefficient (Wildman–Crippen LogP) is 2.87. The van der Waals surface area contributed by atoms with Gasteiger partial charge in [0.1, 0.15) is 6.04 Å². The van der Waals surface area contributed by atoms with Crippen molar-refractivity contribution in [2.45, 2.75) is 19.4 Å². The van der Waals surface area contributed by atoms with Gasteiger partial charge in [-0.1, -0.05) is 30.3 Å². The number of nitrogens with zero attached hydrogens (tertiary/aromatic N) is 1. The van der Waals surface area contributed by atoms with Crippen LogP contribution in [0.4, 0.5) is 5.69 Å². The first-order valence-corrected chi connectivity index (χ1v) is 7.41. The van der Waals surface area contributed by atoms with Crippen LogP contribution in [0.15, 0.2) is 42.5 Å². The molecule has 1 heterocycles. The quantitative estimate of drug-likeness (QED) is 0.700. The van der Waals surface area contributed by atoms with Gasteiger partial charge in [-0.15, -0.1) is 0 Å². The third-order valence-electron chi connectivity index (χ3n) is 4.17. The van der Waals surface area contributed by atoms with Gasteiger partial charge in [0.25, 0.3) is 5.91 Å². The molecule has 104 valence electrons. The van der Waals surface area contributed by atoms with Crippen LogP contribution in [0.1, 0.15) is 18.1 Å². The van der Waals surface area contributed by atoms with Crippen molar-refractivity contribution in [2.75, 3.05) is 4.90 Å². The number of carbonyl (C=O) groups is 1. The molecule has 21 heavy (non-hydrogen) atoms. The second-order valence-electron chi connectivity index (χ2n) is 5.52. The van der Waals surface area contributed by atoms with E-state index in [4.69, 9.17) is 12.2 Å². The highest BCUT2D eigenvalue weighted by atomic mass is 32.1. The summed E-state index contributed by atoms with van der Waals surface area (Å²) in [7, 11) is 0. The molecule has 2 aromatic rings. The van der Waals surface area contributed by atoms with Crippen LogP contribution < -0.4 is 10.2 Å². The van der Waals surface area contributed by atoms with Crippen molar-refractivity contribution in [1.29, 1.82) is 0 Å². The summed E-state index contributed by atoms with van der Waals surface area (Å²) in [6.07, 6.45) is 0.914. The third-order valence-corrected chi connectivity index (χ3v) is 4.47. The highest BCUT2D eigenvalue weighted by Gasteiger charge is 2.33. The molecule has 0 aromatic heterocycles. The molecule has 0 unspecified atom stereocenters. The number of rotatable bonds is 1. The number of anilines is 1. The topological polar surface area (TPSA) is 32.3 Å². The van der Waals surface area contributed by atoms with E-state index in [1.54, 1.807) is 4.90 Å². The summed E-state index contributed by atoms with van der Waals surface area (Å²) in [6, 6.07) is 14.3. The highest BCUT2D eigenvalue weighted by molar-refractivity contribution is 7.80. The molecule has 1 aliphatic carbocycles. The van der Waals surface area contributed by atoms with Gasteiger partial charge >= 0.3 is 0 Å². The summed E-state index contributed by atoms with van der Waals surface area (Å²) in [4.78, 5) is 13.8. The van der Waals surface area contributed by atoms with Crippen LogP contribution in [0, 0.1) is 0 Å². The van der Waals surface area contributed by atoms with Crippen LogP contribution in [0.5, 0.6) is 0 Å². The minimum atomic E-state index is -0.247. The van der Waals surface area contributed by atoms with Crippen molar-refractivity contribution in [3.05, 3.63) is 53.6 Å². The van der Waals surface area contributed by atoms with Gasteiger partial charge < -0.3 is 5.32 Å². The summed E-state index contributed by atoms with van der Waals surface area (Å²) in [5.74, 6) is 0.00969. The van der Waals surface area contributed by atoms with Gasteiger partial charge in [-0.2, -0.15) is 0 Å². The lowest BCUT2D eigenvalue weighted by Gasteiger charge is -2.16. The van der Waals surface area contributed by atoms with E-state index in [9.17, 15) is 4.79 Å². The maximum absolute atomic E-state index is 12.2. The Morgan fingerprint density at radius 1 is 1.14 bits per heavy atom. The third kappa shape index (κ3) is 1.79. The molecule has 0 saturated carbocycles. The van der Waals surface area contributed by atoms with E-state index >= 15 is 0 Å². The molecule has 3 nitrogen and oxygen atoms in total. The fourth-order valence-corrected chi connectivity index (χ4v) is 3.49. The molecule has 1 fully saturated rings. The van der Waals surface area contributed by atoms with E-state index in [1.165, 1.54) is 22.3 Å². The first-order valence-electron chi connectivity index (χ1n) is 7.01. The summed E-state index contributed by atoms with van der Waals surface area (Å²) in [5.41, 5.74) is 6.00. The normalized spacial score (nSPS) is 19.5. The second kappa shape index (κ2) is 4.40. The number of fused-ring (bicyclic) bond motifs is 3. The molecule has 2 aromatic carbocycles. The Kier molecular flexibility index (Phi) is 2.62. The number of amides is 1. The predicted molar refractivity (Wildman–Crippen MR) is 87.4 cm³/mol. The number of nitrogens with one attached hydrogen (secondary N) is 1. The molecule has 0 radical (unpaired) electrons. The van der Waals surface area contributed by atoms with Gasteiger partial charge in [-0.3, -0.25) is 9.69 Å². The van der Waals surface area contributed by atoms with Crippen molar-refractivity contribution in [3.63, 3.8) is 0 Å². The average molecular weight is 294 g/mol. The van der Waals surface area contributed by atoms with Crippen LogP contribution in [0.3, 0.4) is 0 Å². The summed E-state index contributed by atoms with van der Waals surface area (Å²) >= 11 is 5.27. The Morgan fingerprint density at radius 2 is 1.90 bits per heavy atom. The fourth-order valence-electron chi connectivity index (χ4n) is 3.12. The minimum absolute atomic E-state index is 0.00969. The molecule has 4 heteroatoms. The Bertz CT molecular complexity index is 784. The molecular weight excluding hydrogens is 280 g/mol. The highest BCUT2D eigenvalue weighted by Crippen LogP contribution is 2.38. The Hall–Kier alpha value is -2.20. The summed E-state index contributed by atoms with van der Waals surface area (Å²) in [5, 5.41) is 3.50. The fraction of sp³-hybridized carbons (Fsp3) is 0.176. The zero-order chi connectivity index (χ0) is 14.6. The van der Waals surface area contributed by atoms with Gasteiger partial charge in [0, 0.05) is 0 Å². The van der Waals surface area contributed by atoms with Crippen LogP contribution in [-0.4, -0.2) is 17.1 Å². The number of thiocarbonyl (C=S) groups is 1. The maximum atomic E-state index is 12.2. The summed E-state index contributed by atoms with van der Waals surface area (Å²) in [6.45, 7) is 1.83. The van der Waals surface area contributed by atoms with Gasteiger partial charge in [0.15, 0.2) is 5.11 Å². The molecule has 1 atom stereocenters. The van der Waals surface area contributed by atoms with Crippen LogP contribution in [0.25, 0.3) is 11.1 Å². The zero-order valence-electron chi connectivity index (χ0n) is 11.6. The van der Waals surface area contributed by atoms with Gasteiger partial charge in [0.05, 0.1) is 5.69 Å². The van der Waals surface area contributed by atoms with Crippen LogP contribution in [-0.2, 0) is 11.2 Å². The molecule has 1 saturated heterocycles. The van der Waals surface area contributed by atoms with Crippen molar-refractivity contribution >= 4 is 28.9 Å². The Balaban J connectivity index is 1.77. The second-order valence-corrected chi connectivity index (χ2v) is 5.91. The molecular formula is C17H14N2OS. The smallest absolute Gasteiger partial charge is 0.255 e. The van der Waals surface area contributed by atoms with E-state index in [1.807, 2.05) is 13.0 Å². The minimum Gasteiger partial charge on any atom is -0.350 e. The van der Waals surface area contributed by atoms with Gasteiger partial charge in [-0.05, 0) is 59.9 Å². The van der Waals surface area contributed by atoms with Crippen LogP contribution in [0.2, 0.25) is 0 Å². The first-order chi connectivity index (χ1) is 10.1.